The van der Waals surface area contributed by atoms with E-state index in [1.807, 2.05) is 32.0 Å². The zero-order valence-corrected chi connectivity index (χ0v) is 11.6. The van der Waals surface area contributed by atoms with Crippen molar-refractivity contribution in [3.05, 3.63) is 24.4 Å². The van der Waals surface area contributed by atoms with Crippen LogP contribution in [0.2, 0.25) is 0 Å². The summed E-state index contributed by atoms with van der Waals surface area (Å²) >= 11 is 1.44. The van der Waals surface area contributed by atoms with E-state index in [-0.39, 0.29) is 17.8 Å². The van der Waals surface area contributed by atoms with Gasteiger partial charge in [-0.1, -0.05) is 24.8 Å². The molecule has 1 rings (SSSR count). The van der Waals surface area contributed by atoms with Crippen LogP contribution in [-0.2, 0) is 4.79 Å². The Morgan fingerprint density at radius 1 is 1.50 bits per heavy atom. The molecule has 4 nitrogen and oxygen atoms in total. The van der Waals surface area contributed by atoms with Gasteiger partial charge in [0.05, 0.1) is 10.3 Å². The van der Waals surface area contributed by atoms with Crippen LogP contribution in [0.1, 0.15) is 20.3 Å². The molecule has 100 valence electrons. The van der Waals surface area contributed by atoms with Crippen molar-refractivity contribution in [3.8, 4) is 0 Å². The molecule has 1 aromatic heterocycles. The molecule has 1 aromatic rings. The number of rotatable bonds is 7. The van der Waals surface area contributed by atoms with E-state index >= 15 is 0 Å². The Morgan fingerprint density at radius 2 is 2.28 bits per heavy atom. The molecule has 0 spiro atoms. The Kier molecular flexibility index (Phi) is 6.75. The molecule has 1 heterocycles. The Hall–Kier alpha value is -1.07. The molecule has 2 atom stereocenters. The zero-order valence-electron chi connectivity index (χ0n) is 10.8. The van der Waals surface area contributed by atoms with Crippen LogP contribution in [0, 0.1) is 5.92 Å². The van der Waals surface area contributed by atoms with Gasteiger partial charge in [-0.15, -0.1) is 0 Å². The first-order valence-electron chi connectivity index (χ1n) is 6.09. The molecule has 0 aliphatic carbocycles. The number of hydrogen-bond donors (Lipinski definition) is 2. The van der Waals surface area contributed by atoms with Crippen molar-refractivity contribution in [2.45, 2.75) is 30.5 Å². The third-order valence-electron chi connectivity index (χ3n) is 2.55. The van der Waals surface area contributed by atoms with Gasteiger partial charge in [0.1, 0.15) is 0 Å². The van der Waals surface area contributed by atoms with E-state index in [9.17, 15) is 4.79 Å². The number of carbonyl (C=O) groups is 1. The van der Waals surface area contributed by atoms with Crippen LogP contribution in [0.3, 0.4) is 0 Å². The van der Waals surface area contributed by atoms with Gasteiger partial charge in [-0.25, -0.2) is 4.98 Å². The minimum Gasteiger partial charge on any atom is -0.396 e. The number of thioether (sulfide) groups is 1. The Labute approximate surface area is 112 Å². The lowest BCUT2D eigenvalue weighted by molar-refractivity contribution is -0.120. The summed E-state index contributed by atoms with van der Waals surface area (Å²) in [6.07, 6.45) is 2.43. The van der Waals surface area contributed by atoms with Gasteiger partial charge < -0.3 is 10.4 Å². The molecule has 0 saturated carbocycles. The van der Waals surface area contributed by atoms with Crippen molar-refractivity contribution >= 4 is 17.7 Å². The highest BCUT2D eigenvalue weighted by atomic mass is 32.2. The van der Waals surface area contributed by atoms with Crippen LogP contribution in [0.5, 0.6) is 0 Å². The molecular weight excluding hydrogens is 248 g/mol. The fourth-order valence-electron chi connectivity index (χ4n) is 1.39. The fraction of sp³-hybridized carbons (Fsp3) is 0.538. The number of carbonyl (C=O) groups excluding carboxylic acids is 1. The van der Waals surface area contributed by atoms with E-state index in [1.54, 1.807) is 6.20 Å². The monoisotopic (exact) mass is 268 g/mol. The Balaban J connectivity index is 2.33. The molecule has 2 N–H and O–H groups in total. The third-order valence-corrected chi connectivity index (χ3v) is 3.60. The zero-order chi connectivity index (χ0) is 13.4. The predicted molar refractivity (Wildman–Crippen MR) is 73.4 cm³/mol. The molecule has 2 unspecified atom stereocenters. The number of nitrogens with zero attached hydrogens (tertiary/aromatic N) is 1. The summed E-state index contributed by atoms with van der Waals surface area (Å²) in [5, 5.41) is 12.4. The number of aromatic nitrogens is 1. The number of aliphatic hydroxyl groups excluding tert-OH is 1. The summed E-state index contributed by atoms with van der Waals surface area (Å²) in [7, 11) is 0. The standard InChI is InChI=1S/C13H20N2O2S/c1-10(6-8-16)9-15-13(17)11(2)18-12-5-3-4-7-14-12/h3-5,7,10-11,16H,6,8-9H2,1-2H3,(H,15,17). The second kappa shape index (κ2) is 8.11. The average molecular weight is 268 g/mol. The van der Waals surface area contributed by atoms with Crippen LogP contribution in [-0.4, -0.2) is 34.4 Å². The van der Waals surface area contributed by atoms with Crippen molar-refractivity contribution in [2.24, 2.45) is 5.92 Å². The van der Waals surface area contributed by atoms with E-state index in [4.69, 9.17) is 5.11 Å². The average Bonchev–Trinajstić information content (AvgIpc) is 2.37. The minimum atomic E-state index is -0.166. The molecule has 0 aliphatic heterocycles. The van der Waals surface area contributed by atoms with E-state index in [0.717, 1.165) is 5.03 Å². The van der Waals surface area contributed by atoms with Gasteiger partial charge in [0.25, 0.3) is 0 Å². The lowest BCUT2D eigenvalue weighted by Gasteiger charge is -2.14. The first-order chi connectivity index (χ1) is 8.63. The quantitative estimate of drug-likeness (QED) is 0.739. The third kappa shape index (κ3) is 5.51. The van der Waals surface area contributed by atoms with Crippen LogP contribution < -0.4 is 5.32 Å². The number of hydrogen-bond acceptors (Lipinski definition) is 4. The highest BCUT2D eigenvalue weighted by Crippen LogP contribution is 2.20. The summed E-state index contributed by atoms with van der Waals surface area (Å²) in [6, 6.07) is 5.65. The number of pyridine rings is 1. The van der Waals surface area contributed by atoms with Crippen LogP contribution in [0.25, 0.3) is 0 Å². The Bertz CT molecular complexity index is 359. The first kappa shape index (κ1) is 15.0. The normalized spacial score (nSPS) is 13.9. The molecular formula is C13H20N2O2S. The van der Waals surface area contributed by atoms with Crippen LogP contribution in [0.4, 0.5) is 0 Å². The van der Waals surface area contributed by atoms with Crippen molar-refractivity contribution in [1.82, 2.24) is 10.3 Å². The van der Waals surface area contributed by atoms with Crippen molar-refractivity contribution < 1.29 is 9.90 Å². The minimum absolute atomic E-state index is 0.00967. The summed E-state index contributed by atoms with van der Waals surface area (Å²) in [5.41, 5.74) is 0. The number of aliphatic hydroxyl groups is 1. The topological polar surface area (TPSA) is 62.2 Å². The van der Waals surface area contributed by atoms with Crippen molar-refractivity contribution in [3.63, 3.8) is 0 Å². The molecule has 0 radical (unpaired) electrons. The van der Waals surface area contributed by atoms with Gasteiger partial charge in [0.2, 0.25) is 5.91 Å². The molecule has 0 fully saturated rings. The maximum Gasteiger partial charge on any atom is 0.233 e. The second-order valence-electron chi connectivity index (χ2n) is 4.29. The molecule has 1 amide bonds. The number of nitrogens with one attached hydrogen (secondary N) is 1. The highest BCUT2D eigenvalue weighted by molar-refractivity contribution is 8.00. The SMILES string of the molecule is CC(CCO)CNC(=O)C(C)Sc1ccccn1. The molecule has 0 aromatic carbocycles. The van der Waals surface area contributed by atoms with E-state index in [1.165, 1.54) is 11.8 Å². The van der Waals surface area contributed by atoms with Gasteiger partial charge >= 0.3 is 0 Å². The van der Waals surface area contributed by atoms with Crippen LogP contribution >= 0.6 is 11.8 Å². The molecule has 0 bridgehead atoms. The lowest BCUT2D eigenvalue weighted by Crippen LogP contribution is -2.34. The van der Waals surface area contributed by atoms with Crippen LogP contribution in [0.15, 0.2) is 29.4 Å². The molecule has 18 heavy (non-hydrogen) atoms. The van der Waals surface area contributed by atoms with E-state index < -0.39 is 0 Å². The van der Waals surface area contributed by atoms with Gasteiger partial charge in [-0.2, -0.15) is 0 Å². The Morgan fingerprint density at radius 3 is 2.89 bits per heavy atom. The molecule has 0 saturated heterocycles. The number of amides is 1. The summed E-state index contributed by atoms with van der Waals surface area (Å²) in [5.74, 6) is 0.307. The van der Waals surface area contributed by atoms with E-state index in [2.05, 4.69) is 10.3 Å². The lowest BCUT2D eigenvalue weighted by atomic mass is 10.1. The molecule has 0 aliphatic rings. The molecule has 5 heteroatoms. The van der Waals surface area contributed by atoms with Gasteiger partial charge in [0, 0.05) is 19.3 Å². The smallest absolute Gasteiger partial charge is 0.233 e. The second-order valence-corrected chi connectivity index (χ2v) is 5.65. The van der Waals surface area contributed by atoms with Crippen molar-refractivity contribution in [2.75, 3.05) is 13.2 Å². The van der Waals surface area contributed by atoms with Crippen molar-refractivity contribution in [1.29, 1.82) is 0 Å². The summed E-state index contributed by atoms with van der Waals surface area (Å²) in [6.45, 7) is 4.64. The first-order valence-corrected chi connectivity index (χ1v) is 6.97. The van der Waals surface area contributed by atoms with Gasteiger partial charge in [-0.05, 0) is 31.4 Å². The predicted octanol–water partition coefficient (Wildman–Crippen LogP) is 1.70. The largest absolute Gasteiger partial charge is 0.396 e. The summed E-state index contributed by atoms with van der Waals surface area (Å²) in [4.78, 5) is 16.0. The van der Waals surface area contributed by atoms with Gasteiger partial charge in [0.15, 0.2) is 0 Å². The van der Waals surface area contributed by atoms with E-state index in [0.29, 0.717) is 18.9 Å². The van der Waals surface area contributed by atoms with Gasteiger partial charge in [-0.3, -0.25) is 4.79 Å². The maximum absolute atomic E-state index is 11.8. The highest BCUT2D eigenvalue weighted by Gasteiger charge is 2.15. The fourth-order valence-corrected chi connectivity index (χ4v) is 2.22. The maximum atomic E-state index is 11.8. The summed E-state index contributed by atoms with van der Waals surface area (Å²) < 4.78 is 0.